The zero-order valence-corrected chi connectivity index (χ0v) is 16.8. The van der Waals surface area contributed by atoms with E-state index in [1.54, 1.807) is 18.2 Å². The van der Waals surface area contributed by atoms with E-state index in [9.17, 15) is 0 Å². The van der Waals surface area contributed by atoms with Crippen molar-refractivity contribution in [2.75, 3.05) is 32.2 Å². The summed E-state index contributed by atoms with van der Waals surface area (Å²) in [6.45, 7) is 4.59. The van der Waals surface area contributed by atoms with Gasteiger partial charge in [0.15, 0.2) is 0 Å². The molecule has 4 rings (SSSR count). The molecule has 1 aromatic heterocycles. The van der Waals surface area contributed by atoms with Crippen LogP contribution in [0.3, 0.4) is 0 Å². The Labute approximate surface area is 173 Å². The lowest BCUT2D eigenvalue weighted by atomic mass is 10.1. The fraction of sp³-hybridized carbons (Fsp3) is 0.333. The molecule has 0 unspecified atom stereocenters. The first-order valence-electron chi connectivity index (χ1n) is 9.40. The average molecular weight is 416 g/mol. The number of benzene rings is 2. The van der Waals surface area contributed by atoms with Crippen LogP contribution in [0.4, 0.5) is 5.69 Å². The molecule has 1 aliphatic heterocycles. The van der Waals surface area contributed by atoms with Crippen LogP contribution >= 0.6 is 11.6 Å². The minimum Gasteiger partial charge on any atom is -0.493 e. The number of ether oxygens (including phenoxy) is 4. The number of hydrogen-bond acceptors (Lipinski definition) is 7. The van der Waals surface area contributed by atoms with Gasteiger partial charge in [-0.15, -0.1) is 0 Å². The summed E-state index contributed by atoms with van der Waals surface area (Å²) in [5.74, 6) is 1.78. The van der Waals surface area contributed by atoms with Crippen molar-refractivity contribution < 1.29 is 18.9 Å². The largest absolute Gasteiger partial charge is 0.493 e. The Bertz CT molecular complexity index is 1010. The van der Waals surface area contributed by atoms with E-state index in [0.717, 1.165) is 28.6 Å². The molecule has 0 saturated carbocycles. The van der Waals surface area contributed by atoms with E-state index in [2.05, 4.69) is 9.97 Å². The van der Waals surface area contributed by atoms with Crippen molar-refractivity contribution in [1.29, 1.82) is 0 Å². The summed E-state index contributed by atoms with van der Waals surface area (Å²) in [6, 6.07) is 8.96. The standard InChI is InChI=1S/C21H22ClN3O4/c1-13-7-16-19(9-20(13)28-6-2-5-27-15-10-26-11-15)24-12-25-21(16)29-14-3-4-18(23)17(22)8-14/h3-4,7-9,12,15H,2,5-6,10-11,23H2,1H3. The van der Waals surface area contributed by atoms with E-state index in [1.807, 2.05) is 19.1 Å². The van der Waals surface area contributed by atoms with Crippen LogP contribution < -0.4 is 15.2 Å². The summed E-state index contributed by atoms with van der Waals surface area (Å²) in [7, 11) is 0. The quantitative estimate of drug-likeness (QED) is 0.436. The van der Waals surface area contributed by atoms with Gasteiger partial charge < -0.3 is 24.7 Å². The number of rotatable bonds is 8. The van der Waals surface area contributed by atoms with Gasteiger partial charge in [0.1, 0.15) is 23.9 Å². The summed E-state index contributed by atoms with van der Waals surface area (Å²) < 4.78 is 22.6. The molecule has 0 atom stereocenters. The third-order valence-corrected chi connectivity index (χ3v) is 4.92. The summed E-state index contributed by atoms with van der Waals surface area (Å²) in [5, 5.41) is 1.22. The Balaban J connectivity index is 1.45. The van der Waals surface area contributed by atoms with Crippen molar-refractivity contribution in [2.24, 2.45) is 0 Å². The molecule has 1 aliphatic rings. The van der Waals surface area contributed by atoms with Crippen LogP contribution in [0.2, 0.25) is 5.02 Å². The van der Waals surface area contributed by atoms with E-state index in [0.29, 0.717) is 48.8 Å². The van der Waals surface area contributed by atoms with Crippen molar-refractivity contribution in [3.8, 4) is 17.4 Å². The maximum absolute atomic E-state index is 6.07. The number of nitrogen functional groups attached to an aromatic ring is 1. The van der Waals surface area contributed by atoms with Gasteiger partial charge in [0, 0.05) is 18.6 Å². The number of anilines is 1. The zero-order chi connectivity index (χ0) is 20.2. The number of nitrogens with two attached hydrogens (primary N) is 1. The molecule has 3 aromatic rings. The molecule has 2 aromatic carbocycles. The Morgan fingerprint density at radius 1 is 1.17 bits per heavy atom. The lowest BCUT2D eigenvalue weighted by molar-refractivity contribution is -0.130. The molecule has 0 spiro atoms. The van der Waals surface area contributed by atoms with Crippen LogP contribution in [0.1, 0.15) is 12.0 Å². The molecule has 0 aliphatic carbocycles. The van der Waals surface area contributed by atoms with Crippen LogP contribution in [-0.2, 0) is 9.47 Å². The smallest absolute Gasteiger partial charge is 0.230 e. The van der Waals surface area contributed by atoms with E-state index < -0.39 is 0 Å². The van der Waals surface area contributed by atoms with Crippen LogP contribution in [0.15, 0.2) is 36.7 Å². The Morgan fingerprint density at radius 3 is 2.79 bits per heavy atom. The Kier molecular flexibility index (Phi) is 5.99. The van der Waals surface area contributed by atoms with Crippen LogP contribution in [0, 0.1) is 6.92 Å². The first-order valence-corrected chi connectivity index (χ1v) is 9.78. The summed E-state index contributed by atoms with van der Waals surface area (Å²) >= 11 is 6.07. The zero-order valence-electron chi connectivity index (χ0n) is 16.1. The lowest BCUT2D eigenvalue weighted by Gasteiger charge is -2.25. The molecular weight excluding hydrogens is 394 g/mol. The Morgan fingerprint density at radius 2 is 2.03 bits per heavy atom. The van der Waals surface area contributed by atoms with Crippen molar-refractivity contribution in [1.82, 2.24) is 9.97 Å². The van der Waals surface area contributed by atoms with E-state index in [4.69, 9.17) is 36.3 Å². The molecule has 29 heavy (non-hydrogen) atoms. The molecule has 8 heteroatoms. The van der Waals surface area contributed by atoms with Crippen LogP contribution in [0.25, 0.3) is 10.9 Å². The molecule has 1 fully saturated rings. The summed E-state index contributed by atoms with van der Waals surface area (Å²) in [4.78, 5) is 8.61. The monoisotopic (exact) mass is 415 g/mol. The highest BCUT2D eigenvalue weighted by molar-refractivity contribution is 6.33. The number of hydrogen-bond donors (Lipinski definition) is 1. The highest BCUT2D eigenvalue weighted by Gasteiger charge is 2.18. The van der Waals surface area contributed by atoms with Crippen molar-refractivity contribution in [3.05, 3.63) is 47.2 Å². The minimum absolute atomic E-state index is 0.239. The first-order chi connectivity index (χ1) is 14.1. The topological polar surface area (TPSA) is 88.7 Å². The number of nitrogens with zero attached hydrogens (tertiary/aromatic N) is 2. The highest BCUT2D eigenvalue weighted by atomic mass is 35.5. The maximum atomic E-state index is 6.07. The van der Waals surface area contributed by atoms with E-state index in [-0.39, 0.29) is 6.10 Å². The van der Waals surface area contributed by atoms with Crippen LogP contribution in [-0.4, -0.2) is 42.5 Å². The van der Waals surface area contributed by atoms with Gasteiger partial charge in [0.25, 0.3) is 0 Å². The molecule has 2 heterocycles. The first kappa shape index (κ1) is 19.7. The second-order valence-electron chi connectivity index (χ2n) is 6.83. The molecule has 1 saturated heterocycles. The normalized spacial score (nSPS) is 14.0. The SMILES string of the molecule is Cc1cc2c(Oc3ccc(N)c(Cl)c3)ncnc2cc1OCCCOC1COC1. The van der Waals surface area contributed by atoms with Gasteiger partial charge in [-0.1, -0.05) is 11.6 Å². The fourth-order valence-corrected chi connectivity index (χ4v) is 3.06. The average Bonchev–Trinajstić information content (AvgIpc) is 2.67. The molecular formula is C21H22ClN3O4. The van der Waals surface area contributed by atoms with Crippen molar-refractivity contribution in [2.45, 2.75) is 19.4 Å². The maximum Gasteiger partial charge on any atom is 0.230 e. The molecule has 2 N–H and O–H groups in total. The number of aryl methyl sites for hydroxylation is 1. The Hall–Kier alpha value is -2.61. The minimum atomic E-state index is 0.239. The van der Waals surface area contributed by atoms with Gasteiger partial charge >= 0.3 is 0 Å². The molecule has 0 bridgehead atoms. The predicted octanol–water partition coefficient (Wildman–Crippen LogP) is 4.15. The third kappa shape index (κ3) is 4.70. The van der Waals surface area contributed by atoms with Crippen LogP contribution in [0.5, 0.6) is 17.4 Å². The summed E-state index contributed by atoms with van der Waals surface area (Å²) in [5.41, 5.74) is 7.96. The number of halogens is 1. The van der Waals surface area contributed by atoms with Gasteiger partial charge in [0.05, 0.1) is 48.0 Å². The second-order valence-corrected chi connectivity index (χ2v) is 7.24. The molecule has 0 amide bonds. The van der Waals surface area contributed by atoms with E-state index >= 15 is 0 Å². The highest BCUT2D eigenvalue weighted by Crippen LogP contribution is 2.33. The van der Waals surface area contributed by atoms with E-state index in [1.165, 1.54) is 6.33 Å². The number of aromatic nitrogens is 2. The van der Waals surface area contributed by atoms with Gasteiger partial charge in [-0.2, -0.15) is 0 Å². The molecule has 152 valence electrons. The van der Waals surface area contributed by atoms with Crippen molar-refractivity contribution in [3.63, 3.8) is 0 Å². The second kappa shape index (κ2) is 8.82. The fourth-order valence-electron chi connectivity index (χ4n) is 2.89. The summed E-state index contributed by atoms with van der Waals surface area (Å²) in [6.07, 6.45) is 2.51. The van der Waals surface area contributed by atoms with Gasteiger partial charge in [0.2, 0.25) is 5.88 Å². The molecule has 0 radical (unpaired) electrons. The van der Waals surface area contributed by atoms with Gasteiger partial charge in [-0.05, 0) is 30.7 Å². The third-order valence-electron chi connectivity index (χ3n) is 4.59. The molecule has 7 nitrogen and oxygen atoms in total. The van der Waals surface area contributed by atoms with Crippen molar-refractivity contribution >= 4 is 28.2 Å². The van der Waals surface area contributed by atoms with Gasteiger partial charge in [-0.25, -0.2) is 9.97 Å². The lowest BCUT2D eigenvalue weighted by Crippen LogP contribution is -2.36. The number of fused-ring (bicyclic) bond motifs is 1. The predicted molar refractivity (Wildman–Crippen MR) is 111 cm³/mol. The van der Waals surface area contributed by atoms with Gasteiger partial charge in [-0.3, -0.25) is 0 Å².